The minimum Gasteiger partial charge on any atom is -0.303 e. The summed E-state index contributed by atoms with van der Waals surface area (Å²) < 4.78 is 0. The molecule has 0 aromatic rings. The molecule has 1 fully saturated rings. The van der Waals surface area contributed by atoms with Gasteiger partial charge in [0.25, 0.3) is 0 Å². The number of likely N-dealkylation sites (tertiary alicyclic amines) is 1. The molecule has 0 unspecified atom stereocenters. The molecule has 0 aliphatic carbocycles. The fourth-order valence-electron chi connectivity index (χ4n) is 2.44. The van der Waals surface area contributed by atoms with E-state index in [4.69, 9.17) is 0 Å². The van der Waals surface area contributed by atoms with Gasteiger partial charge in [-0.25, -0.2) is 0 Å². The second-order valence-electron chi connectivity index (χ2n) is 6.05. The SMILES string of the molecule is CC(C)[C@H]1C[C@H](C(C)(C)C)CN1C. The van der Waals surface area contributed by atoms with Gasteiger partial charge in [-0.2, -0.15) is 0 Å². The van der Waals surface area contributed by atoms with Crippen molar-refractivity contribution in [1.29, 1.82) is 0 Å². The molecule has 0 aromatic carbocycles. The van der Waals surface area contributed by atoms with Crippen LogP contribution in [0.4, 0.5) is 0 Å². The van der Waals surface area contributed by atoms with Gasteiger partial charge < -0.3 is 4.90 Å². The molecule has 1 heteroatoms. The van der Waals surface area contributed by atoms with Crippen molar-refractivity contribution in [3.8, 4) is 0 Å². The predicted molar refractivity (Wildman–Crippen MR) is 58.8 cm³/mol. The van der Waals surface area contributed by atoms with Crippen molar-refractivity contribution in [3.05, 3.63) is 0 Å². The number of hydrogen-bond acceptors (Lipinski definition) is 1. The van der Waals surface area contributed by atoms with Crippen molar-refractivity contribution in [1.82, 2.24) is 4.90 Å². The molecule has 1 aliphatic rings. The molecule has 1 aliphatic heterocycles. The molecule has 0 saturated carbocycles. The van der Waals surface area contributed by atoms with Gasteiger partial charge in [-0.15, -0.1) is 0 Å². The lowest BCUT2D eigenvalue weighted by atomic mass is 9.78. The summed E-state index contributed by atoms with van der Waals surface area (Å²) >= 11 is 0. The highest BCUT2D eigenvalue weighted by Gasteiger charge is 2.37. The topological polar surface area (TPSA) is 3.24 Å². The Balaban J connectivity index is 2.60. The van der Waals surface area contributed by atoms with E-state index in [0.717, 1.165) is 17.9 Å². The average Bonchev–Trinajstić information content (AvgIpc) is 2.29. The Hall–Kier alpha value is -0.0400. The summed E-state index contributed by atoms with van der Waals surface area (Å²) in [6.45, 7) is 13.1. The second-order valence-corrected chi connectivity index (χ2v) is 6.05. The van der Waals surface area contributed by atoms with Crippen LogP contribution in [-0.2, 0) is 0 Å². The minimum atomic E-state index is 0.484. The molecule has 78 valence electrons. The van der Waals surface area contributed by atoms with Crippen LogP contribution in [0.1, 0.15) is 41.0 Å². The molecule has 1 nitrogen and oxygen atoms in total. The van der Waals surface area contributed by atoms with E-state index in [2.05, 4.69) is 46.6 Å². The van der Waals surface area contributed by atoms with Crippen LogP contribution in [0.2, 0.25) is 0 Å². The van der Waals surface area contributed by atoms with Crippen molar-refractivity contribution in [2.75, 3.05) is 13.6 Å². The molecule has 0 bridgehead atoms. The summed E-state index contributed by atoms with van der Waals surface area (Å²) in [5.41, 5.74) is 0.484. The van der Waals surface area contributed by atoms with Gasteiger partial charge in [0.1, 0.15) is 0 Å². The van der Waals surface area contributed by atoms with Crippen LogP contribution in [0, 0.1) is 17.3 Å². The van der Waals surface area contributed by atoms with Crippen LogP contribution in [-0.4, -0.2) is 24.5 Å². The average molecular weight is 183 g/mol. The quantitative estimate of drug-likeness (QED) is 0.604. The molecule has 0 amide bonds. The summed E-state index contributed by atoms with van der Waals surface area (Å²) in [6, 6.07) is 0.809. The van der Waals surface area contributed by atoms with Crippen LogP contribution in [0.3, 0.4) is 0 Å². The van der Waals surface area contributed by atoms with E-state index in [1.54, 1.807) is 0 Å². The third-order valence-electron chi connectivity index (χ3n) is 3.59. The fourth-order valence-corrected chi connectivity index (χ4v) is 2.44. The standard InChI is InChI=1S/C12H25N/c1-9(2)11-7-10(8-13(11)6)12(3,4)5/h9-11H,7-8H2,1-6H3/t10-,11+/m0/s1. The van der Waals surface area contributed by atoms with Crippen molar-refractivity contribution in [3.63, 3.8) is 0 Å². The molecule has 13 heavy (non-hydrogen) atoms. The van der Waals surface area contributed by atoms with Crippen molar-refractivity contribution in [2.45, 2.75) is 47.1 Å². The highest BCUT2D eigenvalue weighted by molar-refractivity contribution is 4.90. The molecule has 0 radical (unpaired) electrons. The van der Waals surface area contributed by atoms with Gasteiger partial charge in [-0.05, 0) is 30.7 Å². The Morgan fingerprint density at radius 1 is 1.23 bits per heavy atom. The second kappa shape index (κ2) is 3.61. The first-order valence-electron chi connectivity index (χ1n) is 5.52. The summed E-state index contributed by atoms with van der Waals surface area (Å²) in [4.78, 5) is 2.54. The van der Waals surface area contributed by atoms with Crippen LogP contribution in [0.5, 0.6) is 0 Å². The van der Waals surface area contributed by atoms with Gasteiger partial charge >= 0.3 is 0 Å². The van der Waals surface area contributed by atoms with Gasteiger partial charge in [0.05, 0.1) is 0 Å². The summed E-state index contributed by atoms with van der Waals surface area (Å²) in [5.74, 6) is 1.68. The van der Waals surface area contributed by atoms with E-state index in [9.17, 15) is 0 Å². The first-order valence-corrected chi connectivity index (χ1v) is 5.52. The van der Waals surface area contributed by atoms with E-state index in [1.807, 2.05) is 0 Å². The predicted octanol–water partition coefficient (Wildman–Crippen LogP) is 3.01. The molecule has 1 rings (SSSR count). The zero-order valence-corrected chi connectivity index (χ0v) is 10.1. The maximum Gasteiger partial charge on any atom is 0.0119 e. The monoisotopic (exact) mass is 183 g/mol. The molecule has 0 N–H and O–H groups in total. The maximum atomic E-state index is 2.54. The first-order chi connectivity index (χ1) is 5.82. The van der Waals surface area contributed by atoms with Gasteiger partial charge in [-0.1, -0.05) is 34.6 Å². The highest BCUT2D eigenvalue weighted by atomic mass is 15.2. The van der Waals surface area contributed by atoms with Crippen molar-refractivity contribution < 1.29 is 0 Å². The van der Waals surface area contributed by atoms with E-state index < -0.39 is 0 Å². The van der Waals surface area contributed by atoms with Gasteiger partial charge in [-0.3, -0.25) is 0 Å². The third kappa shape index (κ3) is 2.46. The molecule has 2 atom stereocenters. The van der Waals surface area contributed by atoms with Gasteiger partial charge in [0.15, 0.2) is 0 Å². The highest BCUT2D eigenvalue weighted by Crippen LogP contribution is 2.37. The van der Waals surface area contributed by atoms with E-state index in [-0.39, 0.29) is 0 Å². The number of nitrogens with zero attached hydrogens (tertiary/aromatic N) is 1. The lowest BCUT2D eigenvalue weighted by Gasteiger charge is -2.26. The first kappa shape index (κ1) is 11.0. The Kier molecular flexibility index (Phi) is 3.06. The lowest BCUT2D eigenvalue weighted by molar-refractivity contribution is 0.234. The Morgan fingerprint density at radius 2 is 1.77 bits per heavy atom. The maximum absolute atomic E-state index is 2.54. The van der Waals surface area contributed by atoms with Gasteiger partial charge in [0.2, 0.25) is 0 Å². The molecular formula is C12H25N. The Bertz CT molecular complexity index is 166. The van der Waals surface area contributed by atoms with Gasteiger partial charge in [0, 0.05) is 12.6 Å². The normalized spacial score (nSPS) is 31.6. The molecule has 1 heterocycles. The molecule has 0 spiro atoms. The third-order valence-corrected chi connectivity index (χ3v) is 3.59. The van der Waals surface area contributed by atoms with Crippen molar-refractivity contribution in [2.24, 2.45) is 17.3 Å². The molecule has 0 aromatic heterocycles. The number of hydrogen-bond donors (Lipinski definition) is 0. The fraction of sp³-hybridized carbons (Fsp3) is 1.00. The number of rotatable bonds is 1. The summed E-state index contributed by atoms with van der Waals surface area (Å²) in [6.07, 6.45) is 1.39. The summed E-state index contributed by atoms with van der Waals surface area (Å²) in [7, 11) is 2.27. The molecule has 1 saturated heterocycles. The smallest absolute Gasteiger partial charge is 0.0119 e. The van der Waals surface area contributed by atoms with E-state index in [1.165, 1.54) is 13.0 Å². The van der Waals surface area contributed by atoms with Crippen LogP contribution in [0.25, 0.3) is 0 Å². The Labute approximate surface area is 83.5 Å². The summed E-state index contributed by atoms with van der Waals surface area (Å²) in [5, 5.41) is 0. The lowest BCUT2D eigenvalue weighted by Crippen LogP contribution is -2.29. The zero-order valence-electron chi connectivity index (χ0n) is 10.1. The zero-order chi connectivity index (χ0) is 10.2. The van der Waals surface area contributed by atoms with Crippen molar-refractivity contribution >= 4 is 0 Å². The van der Waals surface area contributed by atoms with Crippen LogP contribution in [0.15, 0.2) is 0 Å². The van der Waals surface area contributed by atoms with E-state index in [0.29, 0.717) is 5.41 Å². The minimum absolute atomic E-state index is 0.484. The molecular weight excluding hydrogens is 158 g/mol. The van der Waals surface area contributed by atoms with Crippen LogP contribution >= 0.6 is 0 Å². The Morgan fingerprint density at radius 3 is 2.00 bits per heavy atom. The van der Waals surface area contributed by atoms with Crippen LogP contribution < -0.4 is 0 Å². The largest absolute Gasteiger partial charge is 0.303 e. The van der Waals surface area contributed by atoms with E-state index >= 15 is 0 Å².